The summed E-state index contributed by atoms with van der Waals surface area (Å²) >= 11 is 0. The van der Waals surface area contributed by atoms with Crippen molar-refractivity contribution in [1.29, 1.82) is 0 Å². The van der Waals surface area contributed by atoms with Gasteiger partial charge in [0.1, 0.15) is 29.5 Å². The van der Waals surface area contributed by atoms with E-state index in [9.17, 15) is 0 Å². The fourth-order valence-corrected chi connectivity index (χ4v) is 2.73. The first-order chi connectivity index (χ1) is 12.8. The SMILES string of the molecule is COc1ccc(Nc2cc(NCCN3CCOCC3)ncn2)c(OC)c1. The summed E-state index contributed by atoms with van der Waals surface area (Å²) in [6.07, 6.45) is 1.54. The van der Waals surface area contributed by atoms with Gasteiger partial charge in [-0.1, -0.05) is 0 Å². The summed E-state index contributed by atoms with van der Waals surface area (Å²) in [6, 6.07) is 7.47. The number of morpholine rings is 1. The Bertz CT molecular complexity index is 707. The summed E-state index contributed by atoms with van der Waals surface area (Å²) in [4.78, 5) is 10.9. The first-order valence-corrected chi connectivity index (χ1v) is 8.63. The largest absolute Gasteiger partial charge is 0.497 e. The lowest BCUT2D eigenvalue weighted by molar-refractivity contribution is 0.0398. The average Bonchev–Trinajstić information content (AvgIpc) is 2.69. The molecule has 0 amide bonds. The van der Waals surface area contributed by atoms with Crippen molar-refractivity contribution in [2.45, 2.75) is 0 Å². The van der Waals surface area contributed by atoms with Crippen LogP contribution in [-0.4, -0.2) is 68.5 Å². The average molecular weight is 359 g/mol. The van der Waals surface area contributed by atoms with Crippen molar-refractivity contribution in [3.63, 3.8) is 0 Å². The minimum absolute atomic E-state index is 0.685. The second-order valence-electron chi connectivity index (χ2n) is 5.86. The van der Waals surface area contributed by atoms with Gasteiger partial charge in [0, 0.05) is 38.3 Å². The number of rotatable bonds is 8. The number of anilines is 3. The van der Waals surface area contributed by atoms with Gasteiger partial charge in [0.05, 0.1) is 33.1 Å². The molecule has 26 heavy (non-hydrogen) atoms. The van der Waals surface area contributed by atoms with Crippen LogP contribution in [0.1, 0.15) is 0 Å². The van der Waals surface area contributed by atoms with Crippen molar-refractivity contribution in [1.82, 2.24) is 14.9 Å². The number of ether oxygens (including phenoxy) is 3. The van der Waals surface area contributed by atoms with Gasteiger partial charge in [-0.05, 0) is 12.1 Å². The molecule has 0 atom stereocenters. The maximum atomic E-state index is 5.41. The zero-order valence-corrected chi connectivity index (χ0v) is 15.2. The summed E-state index contributed by atoms with van der Waals surface area (Å²) in [6.45, 7) is 5.37. The van der Waals surface area contributed by atoms with E-state index in [-0.39, 0.29) is 0 Å². The van der Waals surface area contributed by atoms with E-state index in [0.29, 0.717) is 11.6 Å². The Kier molecular flexibility index (Phi) is 6.45. The van der Waals surface area contributed by atoms with Gasteiger partial charge in [-0.15, -0.1) is 0 Å². The van der Waals surface area contributed by atoms with Crippen LogP contribution in [0.3, 0.4) is 0 Å². The van der Waals surface area contributed by atoms with Gasteiger partial charge in [0.2, 0.25) is 0 Å². The molecule has 8 nitrogen and oxygen atoms in total. The fraction of sp³-hybridized carbons (Fsp3) is 0.444. The number of aromatic nitrogens is 2. The van der Waals surface area contributed by atoms with Crippen molar-refractivity contribution in [2.75, 3.05) is 64.2 Å². The third-order valence-electron chi connectivity index (χ3n) is 4.18. The smallest absolute Gasteiger partial charge is 0.146 e. The molecule has 1 aromatic carbocycles. The van der Waals surface area contributed by atoms with Crippen molar-refractivity contribution >= 4 is 17.3 Å². The lowest BCUT2D eigenvalue weighted by Gasteiger charge is -2.26. The van der Waals surface area contributed by atoms with E-state index in [1.165, 1.54) is 6.33 Å². The second kappa shape index (κ2) is 9.21. The normalized spacial score (nSPS) is 14.7. The summed E-state index contributed by atoms with van der Waals surface area (Å²) in [5.41, 5.74) is 0.811. The van der Waals surface area contributed by atoms with E-state index in [2.05, 4.69) is 25.5 Å². The highest BCUT2D eigenvalue weighted by molar-refractivity contribution is 5.66. The third kappa shape index (κ3) is 4.96. The van der Waals surface area contributed by atoms with Crippen LogP contribution in [0.4, 0.5) is 17.3 Å². The van der Waals surface area contributed by atoms with E-state index in [0.717, 1.165) is 56.6 Å². The molecule has 2 N–H and O–H groups in total. The number of hydrogen-bond donors (Lipinski definition) is 2. The van der Waals surface area contributed by atoms with Gasteiger partial charge in [0.15, 0.2) is 0 Å². The third-order valence-corrected chi connectivity index (χ3v) is 4.18. The Labute approximate surface area is 153 Å². The van der Waals surface area contributed by atoms with Gasteiger partial charge < -0.3 is 24.8 Å². The summed E-state index contributed by atoms with van der Waals surface area (Å²) in [5.74, 6) is 2.89. The molecule has 140 valence electrons. The Morgan fingerprint density at radius 1 is 1.08 bits per heavy atom. The topological polar surface area (TPSA) is 80.8 Å². The van der Waals surface area contributed by atoms with Crippen molar-refractivity contribution in [3.8, 4) is 11.5 Å². The Hall–Kier alpha value is -2.58. The monoisotopic (exact) mass is 359 g/mol. The molecule has 2 heterocycles. The van der Waals surface area contributed by atoms with Gasteiger partial charge in [-0.2, -0.15) is 0 Å². The van der Waals surface area contributed by atoms with Crippen molar-refractivity contribution < 1.29 is 14.2 Å². The molecule has 0 unspecified atom stereocenters. The highest BCUT2D eigenvalue weighted by atomic mass is 16.5. The van der Waals surface area contributed by atoms with Crippen LogP contribution in [0.25, 0.3) is 0 Å². The first kappa shape index (κ1) is 18.2. The molecule has 0 bridgehead atoms. The van der Waals surface area contributed by atoms with Gasteiger partial charge in [-0.25, -0.2) is 9.97 Å². The number of nitrogens with one attached hydrogen (secondary N) is 2. The number of methoxy groups -OCH3 is 2. The molecule has 1 fully saturated rings. The van der Waals surface area contributed by atoms with Gasteiger partial charge in [0.25, 0.3) is 0 Å². The molecule has 0 aliphatic carbocycles. The first-order valence-electron chi connectivity index (χ1n) is 8.63. The molecule has 0 radical (unpaired) electrons. The van der Waals surface area contributed by atoms with Gasteiger partial charge in [-0.3, -0.25) is 4.90 Å². The van der Waals surface area contributed by atoms with E-state index in [4.69, 9.17) is 14.2 Å². The molecule has 8 heteroatoms. The van der Waals surface area contributed by atoms with Crippen LogP contribution in [0.2, 0.25) is 0 Å². The lowest BCUT2D eigenvalue weighted by atomic mass is 10.2. The zero-order valence-electron chi connectivity index (χ0n) is 15.2. The lowest BCUT2D eigenvalue weighted by Crippen LogP contribution is -2.39. The molecular formula is C18H25N5O3. The summed E-state index contributed by atoms with van der Waals surface area (Å²) < 4.78 is 16.0. The van der Waals surface area contributed by atoms with E-state index < -0.39 is 0 Å². The molecular weight excluding hydrogens is 334 g/mol. The van der Waals surface area contributed by atoms with Crippen molar-refractivity contribution in [2.24, 2.45) is 0 Å². The van der Waals surface area contributed by atoms with Crippen LogP contribution in [-0.2, 0) is 4.74 Å². The Morgan fingerprint density at radius 2 is 1.88 bits per heavy atom. The van der Waals surface area contributed by atoms with E-state index in [1.54, 1.807) is 14.2 Å². The molecule has 0 spiro atoms. The van der Waals surface area contributed by atoms with E-state index >= 15 is 0 Å². The predicted octanol–water partition coefficient (Wildman–Crippen LogP) is 1.98. The molecule has 1 saturated heterocycles. The molecule has 1 aromatic heterocycles. The Balaban J connectivity index is 1.58. The molecule has 0 saturated carbocycles. The Morgan fingerprint density at radius 3 is 2.65 bits per heavy atom. The highest BCUT2D eigenvalue weighted by Gasteiger charge is 2.10. The van der Waals surface area contributed by atoms with Gasteiger partial charge >= 0.3 is 0 Å². The minimum atomic E-state index is 0.685. The standard InChI is InChI=1S/C18H25N5O3/c1-24-14-3-4-15(16(11-14)25-2)22-18-12-17(20-13-21-18)19-5-6-23-7-9-26-10-8-23/h3-4,11-13H,5-10H2,1-2H3,(H2,19,20,21,22). The minimum Gasteiger partial charge on any atom is -0.497 e. The highest BCUT2D eigenvalue weighted by Crippen LogP contribution is 2.31. The van der Waals surface area contributed by atoms with E-state index in [1.807, 2.05) is 24.3 Å². The van der Waals surface area contributed by atoms with Crippen LogP contribution >= 0.6 is 0 Å². The quantitative estimate of drug-likeness (QED) is 0.741. The zero-order chi connectivity index (χ0) is 18.2. The van der Waals surface area contributed by atoms with Crippen LogP contribution < -0.4 is 20.1 Å². The summed E-state index contributed by atoms with van der Waals surface area (Å²) in [7, 11) is 3.25. The van der Waals surface area contributed by atoms with Crippen molar-refractivity contribution in [3.05, 3.63) is 30.6 Å². The second-order valence-corrected chi connectivity index (χ2v) is 5.86. The molecule has 3 rings (SSSR count). The maximum Gasteiger partial charge on any atom is 0.146 e. The number of benzene rings is 1. The number of nitrogens with zero attached hydrogens (tertiary/aromatic N) is 3. The van der Waals surface area contributed by atoms with Crippen LogP contribution in [0, 0.1) is 0 Å². The fourth-order valence-electron chi connectivity index (χ4n) is 2.73. The predicted molar refractivity (Wildman–Crippen MR) is 101 cm³/mol. The molecule has 1 aliphatic rings. The number of hydrogen-bond acceptors (Lipinski definition) is 8. The maximum absolute atomic E-state index is 5.41. The molecule has 1 aliphatic heterocycles. The van der Waals surface area contributed by atoms with Crippen LogP contribution in [0.15, 0.2) is 30.6 Å². The summed E-state index contributed by atoms with van der Waals surface area (Å²) in [5, 5.41) is 6.60. The molecule has 2 aromatic rings. The van der Waals surface area contributed by atoms with Crippen LogP contribution in [0.5, 0.6) is 11.5 Å².